The van der Waals surface area contributed by atoms with E-state index in [4.69, 9.17) is 22.1 Å². The minimum Gasteiger partial charge on any atom is -0.388 e. The van der Waals surface area contributed by atoms with Crippen molar-refractivity contribution in [2.45, 2.75) is 44.7 Å². The molecule has 0 saturated heterocycles. The summed E-state index contributed by atoms with van der Waals surface area (Å²) in [6.45, 7) is 3.72. The molecular weight excluding hydrogens is 491 g/mol. The van der Waals surface area contributed by atoms with Gasteiger partial charge in [0.1, 0.15) is 16.7 Å². The molecule has 0 bridgehead atoms. The van der Waals surface area contributed by atoms with Crippen molar-refractivity contribution in [1.82, 2.24) is 5.32 Å². The maximum Gasteiger partial charge on any atom is 0.356 e. The number of nitrogens with two attached hydrogens (primary N) is 1. The molecule has 1 atom stereocenters. The molecule has 3 aromatic rings. The summed E-state index contributed by atoms with van der Waals surface area (Å²) in [6, 6.07) is 15.6. The molecular formula is C26H26ClFN2O4S. The lowest BCUT2D eigenvalue weighted by atomic mass is 9.93. The molecule has 1 aromatic heterocycles. The van der Waals surface area contributed by atoms with Crippen molar-refractivity contribution in [3.63, 3.8) is 0 Å². The van der Waals surface area contributed by atoms with Gasteiger partial charge in [0, 0.05) is 21.9 Å². The van der Waals surface area contributed by atoms with E-state index in [1.54, 1.807) is 36.4 Å². The van der Waals surface area contributed by atoms with Crippen molar-refractivity contribution in [3.05, 3.63) is 81.9 Å². The number of rotatable bonds is 10. The molecule has 1 heterocycles. The van der Waals surface area contributed by atoms with E-state index in [9.17, 15) is 18.8 Å². The van der Waals surface area contributed by atoms with Crippen molar-refractivity contribution >= 4 is 40.8 Å². The van der Waals surface area contributed by atoms with Crippen LogP contribution in [0.2, 0.25) is 5.02 Å². The molecule has 0 aliphatic carbocycles. The van der Waals surface area contributed by atoms with Crippen LogP contribution in [0.1, 0.15) is 41.9 Å². The Hall–Kier alpha value is -3.07. The fourth-order valence-electron chi connectivity index (χ4n) is 3.60. The standard InChI is InChI=1S/C26H26ClFN2O4S/c1-26(2,15-16-3-9-19(28)10-4-16)30-20(11-14-23(29)31)24(32)34-25(33)22-13-12-21(35-22)17-5-7-18(27)8-6-17/h3-10,12-13,20,30H,11,14-15H2,1-2H3,(H2,29,31)/t20-/m0/s1. The number of benzene rings is 2. The Morgan fingerprint density at radius 3 is 2.34 bits per heavy atom. The summed E-state index contributed by atoms with van der Waals surface area (Å²) in [5.41, 5.74) is 6.38. The van der Waals surface area contributed by atoms with Crippen molar-refractivity contribution in [2.24, 2.45) is 5.73 Å². The first-order valence-electron chi connectivity index (χ1n) is 10.9. The summed E-state index contributed by atoms with van der Waals surface area (Å²) in [5, 5.41) is 3.77. The minimum absolute atomic E-state index is 0.0622. The van der Waals surface area contributed by atoms with Gasteiger partial charge in [-0.05, 0) is 74.2 Å². The molecule has 3 N–H and O–H groups in total. The van der Waals surface area contributed by atoms with Crippen LogP contribution in [0.3, 0.4) is 0 Å². The Kier molecular flexibility index (Phi) is 8.77. The molecule has 0 saturated carbocycles. The van der Waals surface area contributed by atoms with Gasteiger partial charge in [0.15, 0.2) is 0 Å². The van der Waals surface area contributed by atoms with E-state index in [1.165, 1.54) is 23.5 Å². The zero-order valence-electron chi connectivity index (χ0n) is 19.3. The Bertz CT molecular complexity index is 1190. The molecule has 1 amide bonds. The Morgan fingerprint density at radius 2 is 1.71 bits per heavy atom. The van der Waals surface area contributed by atoms with E-state index in [-0.39, 0.29) is 23.5 Å². The third kappa shape index (κ3) is 7.99. The lowest BCUT2D eigenvalue weighted by Gasteiger charge is -2.31. The number of hydrogen-bond acceptors (Lipinski definition) is 6. The highest BCUT2D eigenvalue weighted by Gasteiger charge is 2.30. The number of carbonyl (C=O) groups is 3. The van der Waals surface area contributed by atoms with Crippen LogP contribution in [-0.4, -0.2) is 29.4 Å². The van der Waals surface area contributed by atoms with Crippen molar-refractivity contribution in [3.8, 4) is 10.4 Å². The molecule has 2 aromatic carbocycles. The van der Waals surface area contributed by atoms with Crippen molar-refractivity contribution < 1.29 is 23.5 Å². The predicted molar refractivity (Wildman–Crippen MR) is 135 cm³/mol. The second kappa shape index (κ2) is 11.6. The highest BCUT2D eigenvalue weighted by molar-refractivity contribution is 7.17. The average Bonchev–Trinajstić information content (AvgIpc) is 3.29. The Labute approximate surface area is 212 Å². The first-order chi connectivity index (χ1) is 16.5. The predicted octanol–water partition coefficient (Wildman–Crippen LogP) is 5.14. The van der Waals surface area contributed by atoms with Gasteiger partial charge in [-0.3, -0.25) is 10.1 Å². The van der Waals surface area contributed by atoms with Gasteiger partial charge in [0.25, 0.3) is 0 Å². The first-order valence-corrected chi connectivity index (χ1v) is 12.1. The van der Waals surface area contributed by atoms with Gasteiger partial charge in [-0.15, -0.1) is 11.3 Å². The summed E-state index contributed by atoms with van der Waals surface area (Å²) in [7, 11) is 0. The quantitative estimate of drug-likeness (QED) is 0.287. The second-order valence-electron chi connectivity index (χ2n) is 8.77. The largest absolute Gasteiger partial charge is 0.388 e. The molecule has 184 valence electrons. The van der Waals surface area contributed by atoms with Gasteiger partial charge in [-0.1, -0.05) is 35.9 Å². The van der Waals surface area contributed by atoms with Crippen LogP contribution in [0.4, 0.5) is 4.39 Å². The number of nitrogens with one attached hydrogen (secondary N) is 1. The molecule has 9 heteroatoms. The third-order valence-corrected chi connectivity index (χ3v) is 6.58. The zero-order valence-corrected chi connectivity index (χ0v) is 20.9. The van der Waals surface area contributed by atoms with Gasteiger partial charge < -0.3 is 10.5 Å². The SMILES string of the molecule is CC(C)(Cc1ccc(F)cc1)N[C@@H](CCC(N)=O)C(=O)OC(=O)c1ccc(-c2ccc(Cl)cc2)s1. The number of primary amides is 1. The monoisotopic (exact) mass is 516 g/mol. The van der Waals surface area contributed by atoms with Crippen LogP contribution in [-0.2, 0) is 20.7 Å². The topological polar surface area (TPSA) is 98.5 Å². The Balaban J connectivity index is 1.69. The number of amides is 1. The van der Waals surface area contributed by atoms with Crippen LogP contribution in [0.25, 0.3) is 10.4 Å². The molecule has 0 aliphatic rings. The smallest absolute Gasteiger partial charge is 0.356 e. The first kappa shape index (κ1) is 26.5. The van der Waals surface area contributed by atoms with Gasteiger partial charge in [-0.25, -0.2) is 14.0 Å². The molecule has 0 spiro atoms. The maximum atomic E-state index is 13.2. The lowest BCUT2D eigenvalue weighted by Crippen LogP contribution is -2.51. The third-order valence-electron chi connectivity index (χ3n) is 5.22. The number of ether oxygens (including phenoxy) is 1. The minimum atomic E-state index is -0.947. The molecule has 0 fully saturated rings. The molecule has 0 unspecified atom stereocenters. The van der Waals surface area contributed by atoms with Crippen LogP contribution in [0.15, 0.2) is 60.7 Å². The normalized spacial score (nSPS) is 12.2. The Morgan fingerprint density at radius 1 is 1.06 bits per heavy atom. The number of halogens is 2. The number of esters is 2. The van der Waals surface area contributed by atoms with E-state index in [1.807, 2.05) is 26.0 Å². The fraction of sp³-hybridized carbons (Fsp3) is 0.269. The van der Waals surface area contributed by atoms with E-state index in [0.29, 0.717) is 11.4 Å². The van der Waals surface area contributed by atoms with Crippen molar-refractivity contribution in [2.75, 3.05) is 0 Å². The number of hydrogen-bond donors (Lipinski definition) is 2. The van der Waals surface area contributed by atoms with Crippen LogP contribution in [0.5, 0.6) is 0 Å². The van der Waals surface area contributed by atoms with Crippen LogP contribution < -0.4 is 11.1 Å². The highest BCUT2D eigenvalue weighted by Crippen LogP contribution is 2.29. The summed E-state index contributed by atoms with van der Waals surface area (Å²) in [5.74, 6) is -2.49. The molecule has 0 aliphatic heterocycles. The maximum absolute atomic E-state index is 13.2. The highest BCUT2D eigenvalue weighted by atomic mass is 35.5. The van der Waals surface area contributed by atoms with E-state index < -0.39 is 29.4 Å². The fourth-order valence-corrected chi connectivity index (χ4v) is 4.61. The number of thiophene rings is 1. The van der Waals surface area contributed by atoms with Gasteiger partial charge in [-0.2, -0.15) is 0 Å². The summed E-state index contributed by atoms with van der Waals surface area (Å²) >= 11 is 7.12. The van der Waals surface area contributed by atoms with Crippen LogP contribution >= 0.6 is 22.9 Å². The number of carbonyl (C=O) groups excluding carboxylic acids is 3. The lowest BCUT2D eigenvalue weighted by molar-refractivity contribution is -0.141. The zero-order chi connectivity index (χ0) is 25.6. The summed E-state index contributed by atoms with van der Waals surface area (Å²) in [4.78, 5) is 38.0. The average molecular weight is 517 g/mol. The van der Waals surface area contributed by atoms with Crippen molar-refractivity contribution in [1.29, 1.82) is 0 Å². The van der Waals surface area contributed by atoms with E-state index >= 15 is 0 Å². The van der Waals surface area contributed by atoms with E-state index in [2.05, 4.69) is 5.32 Å². The van der Waals surface area contributed by atoms with Crippen LogP contribution in [0, 0.1) is 5.82 Å². The van der Waals surface area contributed by atoms with Gasteiger partial charge in [0.2, 0.25) is 5.91 Å². The molecule has 6 nitrogen and oxygen atoms in total. The summed E-state index contributed by atoms with van der Waals surface area (Å²) < 4.78 is 18.4. The summed E-state index contributed by atoms with van der Waals surface area (Å²) in [6.07, 6.45) is 0.471. The molecule has 35 heavy (non-hydrogen) atoms. The molecule has 0 radical (unpaired) electrons. The van der Waals surface area contributed by atoms with Gasteiger partial charge >= 0.3 is 11.9 Å². The second-order valence-corrected chi connectivity index (χ2v) is 10.3. The van der Waals surface area contributed by atoms with E-state index in [0.717, 1.165) is 16.0 Å². The van der Waals surface area contributed by atoms with Gasteiger partial charge in [0.05, 0.1) is 0 Å². The molecule has 3 rings (SSSR count).